The summed E-state index contributed by atoms with van der Waals surface area (Å²) in [6.07, 6.45) is 2.86. The van der Waals surface area contributed by atoms with Gasteiger partial charge >= 0.3 is 5.97 Å². The average molecular weight is 521 g/mol. The minimum Gasteiger partial charge on any atom is -0.466 e. The summed E-state index contributed by atoms with van der Waals surface area (Å²) in [5.41, 5.74) is 0.704. The van der Waals surface area contributed by atoms with Crippen molar-refractivity contribution in [1.29, 1.82) is 0 Å². The van der Waals surface area contributed by atoms with Crippen molar-refractivity contribution in [3.63, 3.8) is 0 Å². The first-order valence-electron chi connectivity index (χ1n) is 12.4. The molecule has 0 bridgehead atoms. The maximum Gasteiger partial charge on any atom is 0.310 e. The average Bonchev–Trinajstić information content (AvgIpc) is 3.41. The Bertz CT molecular complexity index is 1420. The van der Waals surface area contributed by atoms with Gasteiger partial charge in [-0.05, 0) is 50.1 Å². The van der Waals surface area contributed by atoms with Crippen LogP contribution in [-0.2, 0) is 16.6 Å². The van der Waals surface area contributed by atoms with Crippen molar-refractivity contribution in [3.05, 3.63) is 64.6 Å². The number of hydrogen-bond acceptors (Lipinski definition) is 9. The molecule has 11 heteroatoms. The van der Waals surface area contributed by atoms with E-state index in [0.29, 0.717) is 54.6 Å². The molecule has 0 aliphatic carbocycles. The van der Waals surface area contributed by atoms with E-state index >= 15 is 0 Å². The number of piperidine rings is 1. The van der Waals surface area contributed by atoms with Gasteiger partial charge < -0.3 is 29.2 Å². The molecule has 38 heavy (non-hydrogen) atoms. The van der Waals surface area contributed by atoms with E-state index in [1.165, 1.54) is 17.9 Å². The molecule has 1 atom stereocenters. The Morgan fingerprint density at radius 1 is 1.16 bits per heavy atom. The van der Waals surface area contributed by atoms with Crippen LogP contribution in [0.15, 0.2) is 53.5 Å². The molecule has 1 aromatic heterocycles. The summed E-state index contributed by atoms with van der Waals surface area (Å²) < 4.78 is 23.0. The highest BCUT2D eigenvalue weighted by molar-refractivity contribution is 5.95. The van der Waals surface area contributed by atoms with Crippen LogP contribution in [0.3, 0.4) is 0 Å². The molecule has 0 unspecified atom stereocenters. The number of nitrogens with zero attached hydrogens (tertiary/aromatic N) is 3. The Morgan fingerprint density at radius 3 is 2.84 bits per heavy atom. The molecule has 198 valence electrons. The number of aryl methyl sites for hydroxylation is 1. The normalized spacial score (nSPS) is 16.2. The van der Waals surface area contributed by atoms with E-state index in [1.54, 1.807) is 54.3 Å². The van der Waals surface area contributed by atoms with Gasteiger partial charge in [0.2, 0.25) is 6.79 Å². The van der Waals surface area contributed by atoms with Crippen LogP contribution < -0.4 is 25.1 Å². The molecule has 2 aromatic carbocycles. The van der Waals surface area contributed by atoms with Gasteiger partial charge in [0.15, 0.2) is 22.9 Å². The number of rotatable bonds is 7. The number of ether oxygens (including phenoxy) is 4. The van der Waals surface area contributed by atoms with Crippen molar-refractivity contribution in [2.75, 3.05) is 31.8 Å². The second-order valence-corrected chi connectivity index (χ2v) is 8.98. The lowest BCUT2D eigenvalue weighted by molar-refractivity contribution is -0.149. The lowest BCUT2D eigenvalue weighted by Gasteiger charge is -2.31. The van der Waals surface area contributed by atoms with Crippen molar-refractivity contribution in [1.82, 2.24) is 14.7 Å². The zero-order valence-electron chi connectivity index (χ0n) is 21.1. The molecule has 5 rings (SSSR count). The van der Waals surface area contributed by atoms with Crippen LogP contribution in [0.25, 0.3) is 0 Å². The lowest BCUT2D eigenvalue weighted by Crippen LogP contribution is -2.42. The first-order chi connectivity index (χ1) is 18.4. The molecule has 0 spiro atoms. The van der Waals surface area contributed by atoms with Gasteiger partial charge in [0.25, 0.3) is 11.5 Å². The molecule has 0 saturated carbocycles. The summed E-state index contributed by atoms with van der Waals surface area (Å²) in [5, 5.41) is 7.17. The summed E-state index contributed by atoms with van der Waals surface area (Å²) in [4.78, 5) is 40.1. The highest BCUT2D eigenvalue weighted by Gasteiger charge is 2.30. The fraction of sp³-hybridized carbons (Fsp3) is 0.333. The van der Waals surface area contributed by atoms with Gasteiger partial charge in [-0.3, -0.25) is 14.4 Å². The number of nitrogens with one attached hydrogen (secondary N) is 1. The predicted octanol–water partition coefficient (Wildman–Crippen LogP) is 3.46. The number of hydrogen-bond donors (Lipinski definition) is 1. The minimum atomic E-state index is -0.409. The molecule has 11 nitrogen and oxygen atoms in total. The molecule has 0 radical (unpaired) electrons. The van der Waals surface area contributed by atoms with Gasteiger partial charge in [-0.15, -0.1) is 0 Å². The number of aromatic nitrogens is 2. The van der Waals surface area contributed by atoms with Crippen LogP contribution in [0.4, 0.5) is 11.4 Å². The number of anilines is 2. The summed E-state index contributed by atoms with van der Waals surface area (Å²) in [5.74, 6) is 1.01. The van der Waals surface area contributed by atoms with E-state index in [4.69, 9.17) is 18.9 Å². The second kappa shape index (κ2) is 10.8. The SMILES string of the molecule is CCOC(=O)[C@@H]1CCCN(C(=O)c2cccc(Nc3c(Oc4ccc5c(c4)OCO5)cnn(C)c3=O)c2)C1. The van der Waals surface area contributed by atoms with Gasteiger partial charge in [-0.1, -0.05) is 6.07 Å². The van der Waals surface area contributed by atoms with Crippen LogP contribution >= 0.6 is 0 Å². The number of fused-ring (bicyclic) bond motifs is 1. The molecule has 1 N–H and O–H groups in total. The van der Waals surface area contributed by atoms with E-state index in [1.807, 2.05) is 0 Å². The van der Waals surface area contributed by atoms with Gasteiger partial charge in [0.05, 0.1) is 18.7 Å². The van der Waals surface area contributed by atoms with Crippen molar-refractivity contribution in [2.45, 2.75) is 19.8 Å². The Kier molecular flexibility index (Phi) is 7.16. The molecule has 1 amide bonds. The van der Waals surface area contributed by atoms with Gasteiger partial charge in [-0.2, -0.15) is 5.10 Å². The number of amides is 1. The Labute approximate surface area is 218 Å². The van der Waals surface area contributed by atoms with Crippen LogP contribution in [0.5, 0.6) is 23.0 Å². The molecule has 1 fully saturated rings. The molecule has 3 heterocycles. The maximum atomic E-state index is 13.3. The van der Waals surface area contributed by atoms with Crippen LogP contribution in [0.2, 0.25) is 0 Å². The van der Waals surface area contributed by atoms with E-state index in [2.05, 4.69) is 10.4 Å². The van der Waals surface area contributed by atoms with Crippen LogP contribution in [-0.4, -0.2) is 53.0 Å². The first kappa shape index (κ1) is 25.1. The van der Waals surface area contributed by atoms with Gasteiger partial charge in [0.1, 0.15) is 5.75 Å². The quantitative estimate of drug-likeness (QED) is 0.467. The van der Waals surface area contributed by atoms with E-state index < -0.39 is 5.56 Å². The van der Waals surface area contributed by atoms with Crippen molar-refractivity contribution >= 4 is 23.3 Å². The van der Waals surface area contributed by atoms with Gasteiger partial charge in [-0.25, -0.2) is 4.68 Å². The number of carbonyl (C=O) groups is 2. The Morgan fingerprint density at radius 2 is 2.00 bits per heavy atom. The summed E-state index contributed by atoms with van der Waals surface area (Å²) >= 11 is 0. The van der Waals surface area contributed by atoms with Crippen molar-refractivity contribution in [3.8, 4) is 23.0 Å². The second-order valence-electron chi connectivity index (χ2n) is 8.98. The summed E-state index contributed by atoms with van der Waals surface area (Å²) in [6, 6.07) is 11.9. The number of esters is 1. The smallest absolute Gasteiger partial charge is 0.310 e. The third-order valence-corrected chi connectivity index (χ3v) is 6.38. The highest BCUT2D eigenvalue weighted by Crippen LogP contribution is 2.37. The number of benzene rings is 2. The molecule has 2 aliphatic heterocycles. The van der Waals surface area contributed by atoms with E-state index in [-0.39, 0.29) is 36.0 Å². The minimum absolute atomic E-state index is 0.134. The molecule has 2 aliphatic rings. The maximum absolute atomic E-state index is 13.3. The van der Waals surface area contributed by atoms with E-state index in [9.17, 15) is 14.4 Å². The standard InChI is InChI=1S/C27H28N4O7/c1-3-35-27(34)18-7-5-11-31(15-18)25(32)17-6-4-8-19(12-17)29-24-23(14-28-30(2)26(24)33)38-20-9-10-21-22(13-20)37-16-36-21/h4,6,8-10,12-14,18,29H,3,5,7,11,15-16H2,1-2H3/t18-/m1/s1. The molecule has 3 aromatic rings. The molecular weight excluding hydrogens is 492 g/mol. The first-order valence-corrected chi connectivity index (χ1v) is 12.4. The topological polar surface area (TPSA) is 121 Å². The number of likely N-dealkylation sites (tertiary alicyclic amines) is 1. The van der Waals surface area contributed by atoms with Crippen LogP contribution in [0.1, 0.15) is 30.1 Å². The van der Waals surface area contributed by atoms with E-state index in [0.717, 1.165) is 6.42 Å². The lowest BCUT2D eigenvalue weighted by atomic mass is 9.97. The zero-order valence-corrected chi connectivity index (χ0v) is 21.1. The predicted molar refractivity (Wildman–Crippen MR) is 137 cm³/mol. The Balaban J connectivity index is 1.36. The molecular formula is C27H28N4O7. The van der Waals surface area contributed by atoms with Gasteiger partial charge in [0, 0.05) is 37.5 Å². The molecule has 1 saturated heterocycles. The fourth-order valence-electron chi connectivity index (χ4n) is 4.45. The summed E-state index contributed by atoms with van der Waals surface area (Å²) in [7, 11) is 1.54. The van der Waals surface area contributed by atoms with Crippen molar-refractivity contribution < 1.29 is 28.5 Å². The monoisotopic (exact) mass is 520 g/mol. The van der Waals surface area contributed by atoms with Crippen LogP contribution in [0, 0.1) is 5.92 Å². The summed E-state index contributed by atoms with van der Waals surface area (Å²) in [6.45, 7) is 3.09. The Hall–Kier alpha value is -4.54. The third kappa shape index (κ3) is 5.26. The third-order valence-electron chi connectivity index (χ3n) is 6.38. The number of carbonyl (C=O) groups excluding carboxylic acids is 2. The largest absolute Gasteiger partial charge is 0.466 e. The highest BCUT2D eigenvalue weighted by atomic mass is 16.7. The zero-order chi connectivity index (χ0) is 26.6. The fourth-order valence-corrected chi connectivity index (χ4v) is 4.45. The van der Waals surface area contributed by atoms with Crippen molar-refractivity contribution in [2.24, 2.45) is 13.0 Å².